The Morgan fingerprint density at radius 3 is 2.65 bits per heavy atom. The zero-order valence-electron chi connectivity index (χ0n) is 11.8. The third kappa shape index (κ3) is 3.16. The Labute approximate surface area is 119 Å². The molecule has 0 atom stereocenters. The van der Waals surface area contributed by atoms with Gasteiger partial charge in [0.25, 0.3) is 5.91 Å². The molecule has 0 saturated carbocycles. The molecule has 1 amide bonds. The molecule has 0 aromatic heterocycles. The number of hydrogen-bond donors (Lipinski definition) is 2. The number of aryl methyl sites for hydroxylation is 1. The van der Waals surface area contributed by atoms with Crippen LogP contribution in [-0.2, 0) is 6.54 Å². The van der Waals surface area contributed by atoms with Crippen LogP contribution < -0.4 is 16.2 Å². The van der Waals surface area contributed by atoms with E-state index >= 15 is 0 Å². The van der Waals surface area contributed by atoms with Crippen LogP contribution >= 0.6 is 0 Å². The van der Waals surface area contributed by atoms with Gasteiger partial charge in [0.2, 0.25) is 0 Å². The molecule has 3 N–H and O–H groups in total. The van der Waals surface area contributed by atoms with Crippen molar-refractivity contribution in [1.29, 1.82) is 0 Å². The molecule has 0 aliphatic heterocycles. The van der Waals surface area contributed by atoms with Crippen molar-refractivity contribution in [2.24, 2.45) is 5.84 Å². The summed E-state index contributed by atoms with van der Waals surface area (Å²) < 4.78 is 0. The van der Waals surface area contributed by atoms with Crippen molar-refractivity contribution in [3.8, 4) is 0 Å². The highest BCUT2D eigenvalue weighted by Gasteiger charge is 2.11. The number of hydrazine groups is 1. The average molecular weight is 269 g/mol. The molecule has 0 aliphatic rings. The van der Waals surface area contributed by atoms with Crippen LogP contribution in [-0.4, -0.2) is 13.0 Å². The lowest BCUT2D eigenvalue weighted by Gasteiger charge is -2.21. The monoisotopic (exact) mass is 269 g/mol. The van der Waals surface area contributed by atoms with Crippen molar-refractivity contribution in [2.45, 2.75) is 13.5 Å². The predicted octanol–water partition coefficient (Wildman–Crippen LogP) is 2.23. The fourth-order valence-electron chi connectivity index (χ4n) is 2.17. The van der Waals surface area contributed by atoms with Gasteiger partial charge in [-0.05, 0) is 36.2 Å². The Bertz CT molecular complexity index is 610. The van der Waals surface area contributed by atoms with Gasteiger partial charge in [0.05, 0.1) is 0 Å². The molecule has 0 saturated heterocycles. The van der Waals surface area contributed by atoms with Crippen LogP contribution in [0.1, 0.15) is 21.5 Å². The number of nitrogen functional groups attached to an aromatic ring is 1. The molecule has 2 aromatic carbocycles. The summed E-state index contributed by atoms with van der Waals surface area (Å²) in [6.07, 6.45) is 0. The minimum Gasteiger partial charge on any atom is -0.370 e. The fraction of sp³-hybridized carbons (Fsp3) is 0.188. The van der Waals surface area contributed by atoms with Crippen molar-refractivity contribution in [1.82, 2.24) is 5.43 Å². The molecule has 2 rings (SSSR count). The SMILES string of the molecule is Cc1cccc(N(C)Cc2ccccc2C(=O)NN)c1. The first-order valence-corrected chi connectivity index (χ1v) is 6.48. The van der Waals surface area contributed by atoms with E-state index in [4.69, 9.17) is 5.84 Å². The van der Waals surface area contributed by atoms with Gasteiger partial charge >= 0.3 is 0 Å². The van der Waals surface area contributed by atoms with Crippen LogP contribution in [0.5, 0.6) is 0 Å². The van der Waals surface area contributed by atoms with E-state index in [-0.39, 0.29) is 5.91 Å². The summed E-state index contributed by atoms with van der Waals surface area (Å²) in [6.45, 7) is 2.71. The first kappa shape index (κ1) is 14.1. The third-order valence-electron chi connectivity index (χ3n) is 3.24. The molecular formula is C16H19N3O. The van der Waals surface area contributed by atoms with Crippen LogP contribution in [0.25, 0.3) is 0 Å². The Morgan fingerprint density at radius 2 is 1.95 bits per heavy atom. The number of carbonyl (C=O) groups is 1. The molecule has 20 heavy (non-hydrogen) atoms. The zero-order valence-corrected chi connectivity index (χ0v) is 11.8. The normalized spacial score (nSPS) is 10.2. The van der Waals surface area contributed by atoms with E-state index in [9.17, 15) is 4.79 Å². The summed E-state index contributed by atoms with van der Waals surface area (Å²) in [5.74, 6) is 4.96. The minimum absolute atomic E-state index is 0.266. The molecule has 0 heterocycles. The Morgan fingerprint density at radius 1 is 1.20 bits per heavy atom. The second-order valence-corrected chi connectivity index (χ2v) is 4.83. The Hall–Kier alpha value is -2.33. The largest absolute Gasteiger partial charge is 0.370 e. The maximum atomic E-state index is 11.8. The molecule has 0 unspecified atom stereocenters. The van der Waals surface area contributed by atoms with Crippen molar-refractivity contribution in [3.05, 3.63) is 65.2 Å². The van der Waals surface area contributed by atoms with E-state index in [1.807, 2.05) is 31.3 Å². The number of nitrogens with two attached hydrogens (primary N) is 1. The summed E-state index contributed by atoms with van der Waals surface area (Å²) in [5.41, 5.74) is 6.07. The van der Waals surface area contributed by atoms with E-state index in [1.54, 1.807) is 6.07 Å². The van der Waals surface area contributed by atoms with Crippen LogP contribution in [0.3, 0.4) is 0 Å². The van der Waals surface area contributed by atoms with Gasteiger partial charge in [-0.15, -0.1) is 0 Å². The van der Waals surface area contributed by atoms with Gasteiger partial charge in [-0.25, -0.2) is 5.84 Å². The van der Waals surface area contributed by atoms with Gasteiger partial charge in [-0.3, -0.25) is 10.2 Å². The molecule has 0 bridgehead atoms. The molecule has 0 radical (unpaired) electrons. The highest BCUT2D eigenvalue weighted by atomic mass is 16.2. The maximum Gasteiger partial charge on any atom is 0.265 e. The minimum atomic E-state index is -0.266. The van der Waals surface area contributed by atoms with E-state index in [0.717, 1.165) is 11.3 Å². The van der Waals surface area contributed by atoms with E-state index in [0.29, 0.717) is 12.1 Å². The number of anilines is 1. The van der Waals surface area contributed by atoms with E-state index in [1.165, 1.54) is 5.56 Å². The van der Waals surface area contributed by atoms with Gasteiger partial charge in [0, 0.05) is 24.8 Å². The Kier molecular flexibility index (Phi) is 4.38. The van der Waals surface area contributed by atoms with E-state index < -0.39 is 0 Å². The van der Waals surface area contributed by atoms with Crippen molar-refractivity contribution in [2.75, 3.05) is 11.9 Å². The number of nitrogens with zero attached hydrogens (tertiary/aromatic N) is 1. The molecule has 4 nitrogen and oxygen atoms in total. The summed E-state index contributed by atoms with van der Waals surface area (Å²) in [4.78, 5) is 13.9. The molecular weight excluding hydrogens is 250 g/mol. The summed E-state index contributed by atoms with van der Waals surface area (Å²) >= 11 is 0. The quantitative estimate of drug-likeness (QED) is 0.508. The Balaban J connectivity index is 2.24. The first-order valence-electron chi connectivity index (χ1n) is 6.48. The maximum absolute atomic E-state index is 11.8. The lowest BCUT2D eigenvalue weighted by Crippen LogP contribution is -2.31. The number of rotatable bonds is 4. The topological polar surface area (TPSA) is 58.4 Å². The number of carbonyl (C=O) groups excluding carboxylic acids is 1. The zero-order chi connectivity index (χ0) is 14.5. The number of amides is 1. The summed E-state index contributed by atoms with van der Waals surface area (Å²) in [5, 5.41) is 0. The number of benzene rings is 2. The van der Waals surface area contributed by atoms with Crippen LogP contribution in [0.2, 0.25) is 0 Å². The fourth-order valence-corrected chi connectivity index (χ4v) is 2.17. The van der Waals surface area contributed by atoms with Gasteiger partial charge in [-0.1, -0.05) is 30.3 Å². The van der Waals surface area contributed by atoms with Crippen LogP contribution in [0, 0.1) is 6.92 Å². The van der Waals surface area contributed by atoms with Crippen molar-refractivity contribution >= 4 is 11.6 Å². The van der Waals surface area contributed by atoms with Crippen LogP contribution in [0.4, 0.5) is 5.69 Å². The lowest BCUT2D eigenvalue weighted by atomic mass is 10.1. The van der Waals surface area contributed by atoms with Gasteiger partial charge in [-0.2, -0.15) is 0 Å². The summed E-state index contributed by atoms with van der Waals surface area (Å²) in [7, 11) is 2.01. The van der Waals surface area contributed by atoms with Gasteiger partial charge < -0.3 is 4.90 Å². The molecule has 4 heteroatoms. The third-order valence-corrected chi connectivity index (χ3v) is 3.24. The van der Waals surface area contributed by atoms with Crippen LogP contribution in [0.15, 0.2) is 48.5 Å². The van der Waals surface area contributed by atoms with Crippen molar-refractivity contribution in [3.63, 3.8) is 0 Å². The second kappa shape index (κ2) is 6.21. The summed E-state index contributed by atoms with van der Waals surface area (Å²) in [6, 6.07) is 15.7. The van der Waals surface area contributed by atoms with Gasteiger partial charge in [0.1, 0.15) is 0 Å². The van der Waals surface area contributed by atoms with E-state index in [2.05, 4.69) is 35.4 Å². The standard InChI is InChI=1S/C16H19N3O/c1-12-6-5-8-14(10-12)19(2)11-13-7-3-4-9-15(13)16(20)18-17/h3-10H,11,17H2,1-2H3,(H,18,20). The van der Waals surface area contributed by atoms with Gasteiger partial charge in [0.15, 0.2) is 0 Å². The number of nitrogens with one attached hydrogen (secondary N) is 1. The second-order valence-electron chi connectivity index (χ2n) is 4.83. The van der Waals surface area contributed by atoms with Crippen molar-refractivity contribution < 1.29 is 4.79 Å². The predicted molar refractivity (Wildman–Crippen MR) is 81.4 cm³/mol. The smallest absolute Gasteiger partial charge is 0.265 e. The molecule has 104 valence electrons. The first-order chi connectivity index (χ1) is 9.61. The average Bonchev–Trinajstić information content (AvgIpc) is 2.47. The lowest BCUT2D eigenvalue weighted by molar-refractivity contribution is 0.0952. The molecule has 2 aromatic rings. The molecule has 0 fully saturated rings. The highest BCUT2D eigenvalue weighted by Crippen LogP contribution is 2.18. The highest BCUT2D eigenvalue weighted by molar-refractivity contribution is 5.95. The molecule has 0 spiro atoms. The number of hydrogen-bond acceptors (Lipinski definition) is 3. The molecule has 0 aliphatic carbocycles.